The van der Waals surface area contributed by atoms with Crippen LogP contribution in [0.1, 0.15) is 53.4 Å². The molecular formula is C34H46N6O8. The fourth-order valence-corrected chi connectivity index (χ4v) is 6.21. The number of alkyl carbamates (subject to hydrolysis) is 2. The maximum absolute atomic E-state index is 13.3. The molecule has 14 heteroatoms. The van der Waals surface area contributed by atoms with Crippen LogP contribution in [-0.4, -0.2) is 97.1 Å². The zero-order valence-electron chi connectivity index (χ0n) is 28.3. The number of nitrogens with zero attached hydrogens (tertiary/aromatic N) is 2. The van der Waals surface area contributed by atoms with Crippen molar-refractivity contribution in [3.63, 3.8) is 0 Å². The molecule has 0 aromatic heterocycles. The van der Waals surface area contributed by atoms with Crippen molar-refractivity contribution < 1.29 is 38.2 Å². The van der Waals surface area contributed by atoms with Gasteiger partial charge in [0.25, 0.3) is 0 Å². The molecule has 48 heavy (non-hydrogen) atoms. The van der Waals surface area contributed by atoms with E-state index in [0.29, 0.717) is 50.1 Å². The molecule has 0 radical (unpaired) electrons. The molecule has 0 aliphatic carbocycles. The Morgan fingerprint density at radius 3 is 1.35 bits per heavy atom. The second kappa shape index (κ2) is 15.8. The number of nitrogens with one attached hydrogen (secondary N) is 4. The van der Waals surface area contributed by atoms with E-state index in [0.717, 1.165) is 10.8 Å². The van der Waals surface area contributed by atoms with E-state index in [1.54, 1.807) is 12.1 Å². The van der Waals surface area contributed by atoms with Gasteiger partial charge in [-0.3, -0.25) is 19.2 Å². The number of carbonyl (C=O) groups is 6. The maximum Gasteiger partial charge on any atom is 0.407 e. The molecule has 2 aromatic carbocycles. The lowest BCUT2D eigenvalue weighted by atomic mass is 10.0. The third kappa shape index (κ3) is 8.33. The van der Waals surface area contributed by atoms with Gasteiger partial charge in [-0.25, -0.2) is 9.59 Å². The van der Waals surface area contributed by atoms with Crippen LogP contribution in [0.4, 0.5) is 21.0 Å². The van der Waals surface area contributed by atoms with Gasteiger partial charge < -0.3 is 40.5 Å². The van der Waals surface area contributed by atoms with Crippen LogP contribution in [0.2, 0.25) is 0 Å². The van der Waals surface area contributed by atoms with Crippen molar-refractivity contribution in [3.8, 4) is 0 Å². The molecular weight excluding hydrogens is 620 g/mol. The number of hydrogen-bond acceptors (Lipinski definition) is 8. The van der Waals surface area contributed by atoms with Crippen molar-refractivity contribution in [3.05, 3.63) is 36.4 Å². The monoisotopic (exact) mass is 666 g/mol. The minimum absolute atomic E-state index is 0.205. The molecule has 2 aromatic rings. The van der Waals surface area contributed by atoms with Crippen LogP contribution in [0, 0.1) is 11.8 Å². The minimum Gasteiger partial charge on any atom is -0.453 e. The van der Waals surface area contributed by atoms with Gasteiger partial charge in [-0.15, -0.1) is 0 Å². The van der Waals surface area contributed by atoms with Gasteiger partial charge in [0.05, 0.1) is 14.2 Å². The fraction of sp³-hybridized carbons (Fsp3) is 0.529. The molecule has 4 unspecified atom stereocenters. The molecule has 2 fully saturated rings. The highest BCUT2D eigenvalue weighted by Gasteiger charge is 2.40. The van der Waals surface area contributed by atoms with E-state index in [1.807, 2.05) is 52.0 Å². The lowest BCUT2D eigenvalue weighted by molar-refractivity contribution is -0.139. The Morgan fingerprint density at radius 2 is 1.02 bits per heavy atom. The van der Waals surface area contributed by atoms with Crippen LogP contribution in [0.15, 0.2) is 36.4 Å². The lowest BCUT2D eigenvalue weighted by Crippen LogP contribution is -2.54. The van der Waals surface area contributed by atoms with Gasteiger partial charge in [0, 0.05) is 24.5 Å². The lowest BCUT2D eigenvalue weighted by Gasteiger charge is -2.30. The molecule has 2 heterocycles. The Kier molecular flexibility index (Phi) is 11.8. The smallest absolute Gasteiger partial charge is 0.407 e. The van der Waals surface area contributed by atoms with Gasteiger partial charge in [-0.2, -0.15) is 0 Å². The van der Waals surface area contributed by atoms with Gasteiger partial charge in [0.15, 0.2) is 0 Å². The quantitative estimate of drug-likeness (QED) is 0.298. The highest BCUT2D eigenvalue weighted by atomic mass is 16.5. The second-order valence-electron chi connectivity index (χ2n) is 12.8. The highest BCUT2D eigenvalue weighted by Crippen LogP contribution is 2.27. The van der Waals surface area contributed by atoms with Gasteiger partial charge in [0.1, 0.15) is 24.2 Å². The molecule has 2 aliphatic heterocycles. The average molecular weight is 667 g/mol. The molecule has 4 atom stereocenters. The first-order chi connectivity index (χ1) is 22.8. The number of amides is 6. The van der Waals surface area contributed by atoms with Gasteiger partial charge in [-0.1, -0.05) is 39.8 Å². The maximum atomic E-state index is 13.3. The molecule has 14 nitrogen and oxygen atoms in total. The van der Waals surface area contributed by atoms with Crippen molar-refractivity contribution >= 4 is 58.0 Å². The summed E-state index contributed by atoms with van der Waals surface area (Å²) in [6.45, 7) is 8.07. The second-order valence-corrected chi connectivity index (χ2v) is 12.8. The summed E-state index contributed by atoms with van der Waals surface area (Å²) in [4.78, 5) is 80.0. The summed E-state index contributed by atoms with van der Waals surface area (Å²) in [5.74, 6) is -1.71. The van der Waals surface area contributed by atoms with Crippen molar-refractivity contribution in [2.75, 3.05) is 37.9 Å². The zero-order chi connectivity index (χ0) is 35.1. The Balaban J connectivity index is 1.41. The van der Waals surface area contributed by atoms with E-state index in [1.165, 1.54) is 24.0 Å². The number of fused-ring (bicyclic) bond motifs is 1. The van der Waals surface area contributed by atoms with Crippen LogP contribution >= 0.6 is 0 Å². The van der Waals surface area contributed by atoms with Gasteiger partial charge in [-0.05, 0) is 72.6 Å². The van der Waals surface area contributed by atoms with Crippen molar-refractivity contribution in [1.29, 1.82) is 0 Å². The molecule has 4 rings (SSSR count). The van der Waals surface area contributed by atoms with Crippen molar-refractivity contribution in [2.45, 2.75) is 77.5 Å². The molecule has 0 bridgehead atoms. The molecule has 260 valence electrons. The Bertz CT molecular complexity index is 1430. The SMILES string of the molecule is COC(=O)NC(C(=O)N1CCCC1C(=O)Nc1ccc2cc(NC(=O)C3CCCN3C(=O)C(NC(=O)OC)C(C)C)ccc2c1)C(C)C. The normalized spacial score (nSPS) is 18.8. The Labute approximate surface area is 280 Å². The molecule has 6 amide bonds. The summed E-state index contributed by atoms with van der Waals surface area (Å²) < 4.78 is 9.35. The summed E-state index contributed by atoms with van der Waals surface area (Å²) >= 11 is 0. The molecule has 0 spiro atoms. The van der Waals surface area contributed by atoms with Crippen LogP contribution in [0.5, 0.6) is 0 Å². The van der Waals surface area contributed by atoms with Crippen molar-refractivity contribution in [2.24, 2.45) is 11.8 Å². The fourth-order valence-electron chi connectivity index (χ4n) is 6.21. The average Bonchev–Trinajstić information content (AvgIpc) is 3.76. The topological polar surface area (TPSA) is 175 Å². The van der Waals surface area contributed by atoms with E-state index in [-0.39, 0.29) is 35.5 Å². The van der Waals surface area contributed by atoms with Gasteiger partial charge >= 0.3 is 12.2 Å². The Morgan fingerprint density at radius 1 is 0.646 bits per heavy atom. The molecule has 2 aliphatic rings. The van der Waals surface area contributed by atoms with Crippen LogP contribution in [0.25, 0.3) is 10.8 Å². The molecule has 4 N–H and O–H groups in total. The molecule has 0 saturated carbocycles. The van der Waals surface area contributed by atoms with E-state index in [2.05, 4.69) is 30.7 Å². The first kappa shape index (κ1) is 36.0. The standard InChI is InChI=1S/C34H46N6O8/c1-19(2)27(37-33(45)47-5)31(43)39-15-7-9-25(39)29(41)35-23-13-11-22-18-24(14-12-21(22)17-23)36-30(42)26-10-8-16-40(26)32(44)28(20(3)4)38-34(46)48-6/h11-14,17-20,25-28H,7-10,15-16H2,1-6H3,(H,35,41)(H,36,42)(H,37,45)(H,38,46). The number of likely N-dealkylation sites (tertiary alicyclic amines) is 2. The number of anilines is 2. The van der Waals surface area contributed by atoms with Crippen molar-refractivity contribution in [1.82, 2.24) is 20.4 Å². The van der Waals surface area contributed by atoms with E-state index >= 15 is 0 Å². The third-order valence-electron chi connectivity index (χ3n) is 8.84. The Hall–Kier alpha value is -4.88. The summed E-state index contributed by atoms with van der Waals surface area (Å²) in [6.07, 6.45) is 0.911. The minimum atomic E-state index is -0.820. The first-order valence-corrected chi connectivity index (χ1v) is 16.3. The first-order valence-electron chi connectivity index (χ1n) is 16.3. The highest BCUT2D eigenvalue weighted by molar-refractivity contribution is 6.02. The number of benzene rings is 2. The van der Waals surface area contributed by atoms with Crippen LogP contribution in [-0.2, 0) is 28.7 Å². The number of ether oxygens (including phenoxy) is 2. The van der Waals surface area contributed by atoms with E-state index in [9.17, 15) is 28.8 Å². The number of carbonyl (C=O) groups excluding carboxylic acids is 6. The third-order valence-corrected chi connectivity index (χ3v) is 8.84. The van der Waals surface area contributed by atoms with Gasteiger partial charge in [0.2, 0.25) is 23.6 Å². The van der Waals surface area contributed by atoms with Crippen LogP contribution < -0.4 is 21.3 Å². The summed E-state index contributed by atoms with van der Waals surface area (Å²) in [6, 6.07) is 7.77. The number of methoxy groups -OCH3 is 2. The summed E-state index contributed by atoms with van der Waals surface area (Å²) in [5.41, 5.74) is 1.11. The summed E-state index contributed by atoms with van der Waals surface area (Å²) in [7, 11) is 2.46. The number of hydrogen-bond donors (Lipinski definition) is 4. The largest absolute Gasteiger partial charge is 0.453 e. The van der Waals surface area contributed by atoms with E-state index < -0.39 is 36.4 Å². The zero-order valence-corrected chi connectivity index (χ0v) is 28.3. The van der Waals surface area contributed by atoms with Crippen LogP contribution in [0.3, 0.4) is 0 Å². The van der Waals surface area contributed by atoms with E-state index in [4.69, 9.17) is 0 Å². The number of rotatable bonds is 10. The predicted octanol–water partition coefficient (Wildman–Crippen LogP) is 3.46. The predicted molar refractivity (Wildman–Crippen MR) is 179 cm³/mol. The summed E-state index contributed by atoms with van der Waals surface area (Å²) in [5, 5.41) is 12.7. The molecule has 2 saturated heterocycles.